The van der Waals surface area contributed by atoms with E-state index in [2.05, 4.69) is 5.32 Å². The van der Waals surface area contributed by atoms with Crippen molar-refractivity contribution in [2.24, 2.45) is 0 Å². The van der Waals surface area contributed by atoms with E-state index in [1.807, 2.05) is 0 Å². The number of esters is 2. The Labute approximate surface area is 154 Å². The van der Waals surface area contributed by atoms with Crippen LogP contribution in [0.5, 0.6) is 11.5 Å². The number of halogens is 2. The third-order valence-corrected chi connectivity index (χ3v) is 3.91. The maximum Gasteiger partial charge on any atom is 0.339 e. The van der Waals surface area contributed by atoms with Crippen LogP contribution in [0.25, 0.3) is 0 Å². The number of hydrogen-bond donors (Lipinski definition) is 2. The highest BCUT2D eigenvalue weighted by molar-refractivity contribution is 6.38. The van der Waals surface area contributed by atoms with Crippen molar-refractivity contribution in [3.63, 3.8) is 0 Å². The van der Waals surface area contributed by atoms with Gasteiger partial charge in [-0.15, -0.1) is 0 Å². The van der Waals surface area contributed by atoms with Crippen LogP contribution in [0.4, 0.5) is 5.69 Å². The first kappa shape index (κ1) is 18.9. The van der Waals surface area contributed by atoms with Gasteiger partial charge in [0.2, 0.25) is 0 Å². The fraction of sp³-hybridized carbons (Fsp3) is 0.176. The van der Waals surface area contributed by atoms with E-state index < -0.39 is 11.9 Å². The summed E-state index contributed by atoms with van der Waals surface area (Å²) in [6.45, 7) is 1.32. The molecule has 132 valence electrons. The zero-order valence-corrected chi connectivity index (χ0v) is 14.9. The molecule has 0 aliphatic carbocycles. The number of anilines is 1. The normalized spacial score (nSPS) is 10.2. The number of para-hydroxylation sites is 1. The highest BCUT2D eigenvalue weighted by Crippen LogP contribution is 2.42. The summed E-state index contributed by atoms with van der Waals surface area (Å²) < 4.78 is 9.62. The van der Waals surface area contributed by atoms with E-state index in [9.17, 15) is 14.7 Å². The maximum atomic E-state index is 11.8. The molecule has 0 aromatic heterocycles. The maximum absolute atomic E-state index is 11.8. The first-order chi connectivity index (χ1) is 11.8. The van der Waals surface area contributed by atoms with Gasteiger partial charge in [-0.3, -0.25) is 4.79 Å². The van der Waals surface area contributed by atoms with Crippen molar-refractivity contribution in [3.05, 3.63) is 51.5 Å². The Kier molecular flexibility index (Phi) is 6.12. The second-order valence-corrected chi connectivity index (χ2v) is 5.78. The van der Waals surface area contributed by atoms with Crippen molar-refractivity contribution in [2.75, 3.05) is 12.4 Å². The van der Waals surface area contributed by atoms with E-state index in [4.69, 9.17) is 32.7 Å². The minimum absolute atomic E-state index is 0.0797. The molecular weight excluding hydrogens is 369 g/mol. The van der Waals surface area contributed by atoms with Gasteiger partial charge in [0.25, 0.3) is 0 Å². The Morgan fingerprint density at radius 3 is 2.56 bits per heavy atom. The Morgan fingerprint density at radius 2 is 1.92 bits per heavy atom. The largest absolute Gasteiger partial charge is 0.506 e. The fourth-order valence-corrected chi connectivity index (χ4v) is 2.70. The molecule has 0 saturated carbocycles. The van der Waals surface area contributed by atoms with E-state index >= 15 is 0 Å². The number of aromatic hydroxyl groups is 1. The van der Waals surface area contributed by atoms with E-state index in [0.717, 1.165) is 0 Å². The zero-order valence-electron chi connectivity index (χ0n) is 13.4. The topological polar surface area (TPSA) is 84.9 Å². The standard InChI is InChI=1S/C17H15Cl2NO5/c1-9(21)25-16-12(18)7-10(15(22)14(16)19)8-20-13-6-4-3-5-11(13)17(23)24-2/h3-7,20,22H,8H2,1-2H3. The molecule has 0 spiro atoms. The number of phenolic OH excluding ortho intramolecular Hbond substituents is 1. The molecule has 0 amide bonds. The van der Waals surface area contributed by atoms with E-state index in [0.29, 0.717) is 16.8 Å². The monoisotopic (exact) mass is 383 g/mol. The summed E-state index contributed by atoms with van der Waals surface area (Å²) in [6.07, 6.45) is 0. The smallest absolute Gasteiger partial charge is 0.339 e. The number of phenols is 1. The molecule has 0 atom stereocenters. The third kappa shape index (κ3) is 4.35. The highest BCUT2D eigenvalue weighted by Gasteiger charge is 2.19. The number of ether oxygens (including phenoxy) is 2. The number of methoxy groups -OCH3 is 1. The third-order valence-electron chi connectivity index (χ3n) is 3.28. The summed E-state index contributed by atoms with van der Waals surface area (Å²) in [5.41, 5.74) is 1.23. The molecule has 0 radical (unpaired) electrons. The van der Waals surface area contributed by atoms with Crippen LogP contribution in [-0.4, -0.2) is 24.2 Å². The van der Waals surface area contributed by atoms with Gasteiger partial charge in [-0.25, -0.2) is 4.79 Å². The molecule has 0 fully saturated rings. The van der Waals surface area contributed by atoms with Gasteiger partial charge in [0.15, 0.2) is 5.75 Å². The van der Waals surface area contributed by atoms with Gasteiger partial charge in [-0.1, -0.05) is 35.3 Å². The van der Waals surface area contributed by atoms with E-state index in [1.54, 1.807) is 24.3 Å². The van der Waals surface area contributed by atoms with Crippen molar-refractivity contribution in [1.82, 2.24) is 0 Å². The Bertz CT molecular complexity index is 823. The van der Waals surface area contributed by atoms with Gasteiger partial charge in [0.05, 0.1) is 17.7 Å². The lowest BCUT2D eigenvalue weighted by molar-refractivity contribution is -0.131. The first-order valence-corrected chi connectivity index (χ1v) is 7.90. The average molecular weight is 384 g/mol. The molecular formula is C17H15Cl2NO5. The van der Waals surface area contributed by atoms with Gasteiger partial charge in [-0.2, -0.15) is 0 Å². The Hall–Kier alpha value is -2.44. The van der Waals surface area contributed by atoms with E-state index in [1.165, 1.54) is 20.1 Å². The van der Waals surface area contributed by atoms with Crippen molar-refractivity contribution in [1.29, 1.82) is 0 Å². The number of benzene rings is 2. The summed E-state index contributed by atoms with van der Waals surface area (Å²) in [4.78, 5) is 22.8. The summed E-state index contributed by atoms with van der Waals surface area (Å²) >= 11 is 12.1. The first-order valence-electron chi connectivity index (χ1n) is 7.14. The second kappa shape index (κ2) is 8.09. The van der Waals surface area contributed by atoms with Crippen LogP contribution in [0, 0.1) is 0 Å². The quantitative estimate of drug-likeness (QED) is 0.598. The lowest BCUT2D eigenvalue weighted by Crippen LogP contribution is -2.09. The molecule has 0 bridgehead atoms. The molecule has 8 heteroatoms. The van der Waals surface area contributed by atoms with Gasteiger partial charge in [-0.05, 0) is 18.2 Å². The van der Waals surface area contributed by atoms with Crippen LogP contribution in [0.15, 0.2) is 30.3 Å². The molecule has 0 aliphatic heterocycles. The summed E-state index contributed by atoms with van der Waals surface area (Å²) in [5.74, 6) is -1.48. The van der Waals surface area contributed by atoms with Crippen LogP contribution < -0.4 is 10.1 Å². The minimum Gasteiger partial charge on any atom is -0.506 e. The Morgan fingerprint density at radius 1 is 1.24 bits per heavy atom. The predicted octanol–water partition coefficient (Wildman–Crippen LogP) is 4.02. The molecule has 2 aromatic rings. The minimum atomic E-state index is -0.610. The van der Waals surface area contributed by atoms with Gasteiger partial charge in [0.1, 0.15) is 10.8 Å². The summed E-state index contributed by atoms with van der Waals surface area (Å²) in [5, 5.41) is 13.1. The average Bonchev–Trinajstić information content (AvgIpc) is 2.60. The van der Waals surface area contributed by atoms with Crippen molar-refractivity contribution >= 4 is 40.8 Å². The predicted molar refractivity (Wildman–Crippen MR) is 94.5 cm³/mol. The van der Waals surface area contributed by atoms with Crippen molar-refractivity contribution < 1.29 is 24.2 Å². The lowest BCUT2D eigenvalue weighted by atomic mass is 10.1. The number of rotatable bonds is 5. The number of carbonyl (C=O) groups is 2. The van der Waals surface area contributed by atoms with Gasteiger partial charge >= 0.3 is 11.9 Å². The molecule has 0 saturated heterocycles. The number of hydrogen-bond acceptors (Lipinski definition) is 6. The molecule has 6 nitrogen and oxygen atoms in total. The molecule has 0 aliphatic rings. The Balaban J connectivity index is 2.28. The number of carbonyl (C=O) groups excluding carboxylic acids is 2. The summed E-state index contributed by atoms with van der Waals surface area (Å²) in [6, 6.07) is 8.18. The number of nitrogens with one attached hydrogen (secondary N) is 1. The van der Waals surface area contributed by atoms with Crippen LogP contribution in [-0.2, 0) is 16.1 Å². The molecule has 0 unspecified atom stereocenters. The fourth-order valence-electron chi connectivity index (χ4n) is 2.13. The van der Waals surface area contributed by atoms with Crippen LogP contribution >= 0.6 is 23.2 Å². The molecule has 2 rings (SSSR count). The van der Waals surface area contributed by atoms with Crippen molar-refractivity contribution in [3.8, 4) is 11.5 Å². The van der Waals surface area contributed by atoms with Crippen LogP contribution in [0.3, 0.4) is 0 Å². The summed E-state index contributed by atoms with van der Waals surface area (Å²) in [7, 11) is 1.29. The SMILES string of the molecule is COC(=O)c1ccccc1NCc1cc(Cl)c(OC(C)=O)c(Cl)c1O. The lowest BCUT2D eigenvalue weighted by Gasteiger charge is -2.14. The van der Waals surface area contributed by atoms with Gasteiger partial charge in [0, 0.05) is 24.7 Å². The zero-order chi connectivity index (χ0) is 18.6. The van der Waals surface area contributed by atoms with E-state index in [-0.39, 0.29) is 28.1 Å². The highest BCUT2D eigenvalue weighted by atomic mass is 35.5. The second-order valence-electron chi connectivity index (χ2n) is 4.99. The molecule has 2 N–H and O–H groups in total. The van der Waals surface area contributed by atoms with Crippen LogP contribution in [0.2, 0.25) is 10.0 Å². The molecule has 25 heavy (non-hydrogen) atoms. The van der Waals surface area contributed by atoms with Crippen molar-refractivity contribution in [2.45, 2.75) is 13.5 Å². The van der Waals surface area contributed by atoms with Crippen LogP contribution in [0.1, 0.15) is 22.8 Å². The molecule has 2 aromatic carbocycles. The van der Waals surface area contributed by atoms with Gasteiger partial charge < -0.3 is 19.9 Å². The molecule has 0 heterocycles.